The van der Waals surface area contributed by atoms with Crippen LogP contribution in [0.15, 0.2) is 28.0 Å². The zero-order valence-corrected chi connectivity index (χ0v) is 9.43. The molecule has 0 aromatic heterocycles. The quantitative estimate of drug-likeness (QED) is 0.900. The van der Waals surface area contributed by atoms with Crippen LogP contribution in [0.2, 0.25) is 0 Å². The minimum absolute atomic E-state index is 0.412. The average molecular weight is 254 g/mol. The van der Waals surface area contributed by atoms with Crippen molar-refractivity contribution in [3.8, 4) is 0 Å². The minimum Gasteiger partial charge on any atom is -0.366 e. The highest BCUT2D eigenvalue weighted by molar-refractivity contribution is 8.21. The lowest BCUT2D eigenvalue weighted by Crippen LogP contribution is -2.11. The maximum atomic E-state index is 10.9. The van der Waals surface area contributed by atoms with E-state index in [-0.39, 0.29) is 0 Å². The van der Waals surface area contributed by atoms with Crippen LogP contribution in [0.3, 0.4) is 0 Å². The number of hydrogen-bond acceptors (Lipinski definition) is 3. The smallest absolute Gasteiger partial charge is 0.249 e. The Hall–Kier alpha value is -0.0300. The van der Waals surface area contributed by atoms with E-state index in [1.165, 1.54) is 0 Å². The molecular weight excluding hydrogens is 249 g/mol. The molecule has 1 amide bonds. The van der Waals surface area contributed by atoms with Gasteiger partial charge in [0, 0.05) is 9.79 Å². The summed E-state index contributed by atoms with van der Waals surface area (Å²) in [6.07, 6.45) is 0. The summed E-state index contributed by atoms with van der Waals surface area (Å²) in [4.78, 5) is 12.3. The normalized spacial score (nSPS) is 10.0. The van der Waals surface area contributed by atoms with Gasteiger partial charge in [-0.3, -0.25) is 4.79 Å². The lowest BCUT2D eigenvalue weighted by Gasteiger charge is -2.03. The van der Waals surface area contributed by atoms with Crippen LogP contribution in [0.25, 0.3) is 0 Å². The molecule has 1 aromatic carbocycles. The van der Waals surface area contributed by atoms with Crippen LogP contribution in [0.1, 0.15) is 10.4 Å². The highest BCUT2D eigenvalue weighted by Crippen LogP contribution is 2.31. The summed E-state index contributed by atoms with van der Waals surface area (Å²) >= 11 is 0. The lowest BCUT2D eigenvalue weighted by atomic mass is 10.2. The molecule has 1 rings (SSSR count). The SMILES string of the molecule is NC(=O)c1ccc(SCl)cc1SCl. The molecule has 0 heterocycles. The summed E-state index contributed by atoms with van der Waals surface area (Å²) in [7, 11) is 13.1. The molecule has 0 radical (unpaired) electrons. The molecule has 0 aliphatic carbocycles. The van der Waals surface area contributed by atoms with E-state index < -0.39 is 5.91 Å². The maximum Gasteiger partial charge on any atom is 0.249 e. The van der Waals surface area contributed by atoms with Crippen molar-refractivity contribution in [3.63, 3.8) is 0 Å². The van der Waals surface area contributed by atoms with Crippen LogP contribution in [0.4, 0.5) is 0 Å². The molecule has 0 atom stereocenters. The molecule has 0 aliphatic heterocycles. The van der Waals surface area contributed by atoms with E-state index in [1.54, 1.807) is 18.2 Å². The second-order valence-electron chi connectivity index (χ2n) is 2.18. The fourth-order valence-corrected chi connectivity index (χ4v) is 2.27. The third kappa shape index (κ3) is 2.71. The Balaban J connectivity index is 3.15. The van der Waals surface area contributed by atoms with Crippen molar-refractivity contribution < 1.29 is 4.79 Å². The lowest BCUT2D eigenvalue weighted by molar-refractivity contribution is 0.0997. The number of hydrogen-bond donors (Lipinski definition) is 1. The highest BCUT2D eigenvalue weighted by Gasteiger charge is 2.08. The zero-order valence-electron chi connectivity index (χ0n) is 6.29. The van der Waals surface area contributed by atoms with Crippen molar-refractivity contribution in [1.29, 1.82) is 0 Å². The molecule has 0 saturated carbocycles. The van der Waals surface area contributed by atoms with Crippen molar-refractivity contribution in [2.75, 3.05) is 0 Å². The molecule has 70 valence electrons. The van der Waals surface area contributed by atoms with Gasteiger partial charge in [-0.05, 0) is 61.5 Å². The molecule has 2 nitrogen and oxygen atoms in total. The van der Waals surface area contributed by atoms with E-state index >= 15 is 0 Å². The van der Waals surface area contributed by atoms with E-state index in [9.17, 15) is 4.79 Å². The van der Waals surface area contributed by atoms with E-state index in [1.807, 2.05) is 0 Å². The standard InChI is InChI=1S/C7H5Cl2NOS2/c8-12-4-1-2-5(7(10)11)6(3-4)13-9/h1-3H,(H2,10,11). The number of benzene rings is 1. The number of rotatable bonds is 3. The second kappa shape index (κ2) is 5.00. The average Bonchev–Trinajstić information content (AvgIpc) is 2.16. The predicted octanol–water partition coefficient (Wildman–Crippen LogP) is 3.28. The molecule has 6 heteroatoms. The first-order valence-corrected chi connectivity index (χ1v) is 6.48. The van der Waals surface area contributed by atoms with E-state index in [0.29, 0.717) is 10.5 Å². The second-order valence-corrected chi connectivity index (χ2v) is 4.32. The monoisotopic (exact) mass is 253 g/mol. The predicted molar refractivity (Wildman–Crippen MR) is 58.4 cm³/mol. The number of carbonyl (C=O) groups is 1. The molecule has 1 aromatic rings. The number of amides is 1. The van der Waals surface area contributed by atoms with Gasteiger partial charge in [0.1, 0.15) is 0 Å². The molecule has 13 heavy (non-hydrogen) atoms. The first kappa shape index (κ1) is 11.0. The van der Waals surface area contributed by atoms with Crippen LogP contribution in [-0.4, -0.2) is 5.91 Å². The maximum absolute atomic E-state index is 10.9. The van der Waals surface area contributed by atoms with E-state index in [4.69, 9.17) is 27.1 Å². The largest absolute Gasteiger partial charge is 0.366 e. The Morgan fingerprint density at radius 1 is 1.31 bits per heavy atom. The van der Waals surface area contributed by atoms with Gasteiger partial charge in [0.2, 0.25) is 5.91 Å². The van der Waals surface area contributed by atoms with Crippen LogP contribution >= 0.6 is 43.3 Å². The molecular formula is C7H5Cl2NOS2. The Labute approximate surface area is 93.2 Å². The Morgan fingerprint density at radius 2 is 2.00 bits per heavy atom. The summed E-state index contributed by atoms with van der Waals surface area (Å²) in [5, 5.41) is 0. The molecule has 0 saturated heterocycles. The van der Waals surface area contributed by atoms with Gasteiger partial charge in [0.15, 0.2) is 0 Å². The Morgan fingerprint density at radius 3 is 2.46 bits per heavy atom. The molecule has 0 unspecified atom stereocenters. The van der Waals surface area contributed by atoms with Gasteiger partial charge >= 0.3 is 0 Å². The van der Waals surface area contributed by atoms with Crippen LogP contribution in [-0.2, 0) is 0 Å². The van der Waals surface area contributed by atoms with Gasteiger partial charge in [0.25, 0.3) is 0 Å². The number of halogens is 2. The van der Waals surface area contributed by atoms with Crippen molar-refractivity contribution in [3.05, 3.63) is 23.8 Å². The van der Waals surface area contributed by atoms with Crippen molar-refractivity contribution >= 4 is 49.2 Å². The van der Waals surface area contributed by atoms with Crippen LogP contribution < -0.4 is 5.73 Å². The summed E-state index contributed by atoms with van der Waals surface area (Å²) in [5.41, 5.74) is 5.54. The molecule has 2 N–H and O–H groups in total. The summed E-state index contributed by atoms with van der Waals surface area (Å²) < 4.78 is 0. The van der Waals surface area contributed by atoms with Gasteiger partial charge in [0.05, 0.1) is 5.56 Å². The van der Waals surface area contributed by atoms with Crippen molar-refractivity contribution in [2.45, 2.75) is 9.79 Å². The third-order valence-electron chi connectivity index (χ3n) is 1.39. The molecule has 0 fully saturated rings. The topological polar surface area (TPSA) is 43.1 Å². The van der Waals surface area contributed by atoms with Gasteiger partial charge in [-0.15, -0.1) is 0 Å². The zero-order chi connectivity index (χ0) is 9.84. The Bertz CT molecular complexity index is 332. The first-order chi connectivity index (χ1) is 6.19. The summed E-state index contributed by atoms with van der Waals surface area (Å²) in [6.45, 7) is 0. The fraction of sp³-hybridized carbons (Fsp3) is 0. The summed E-state index contributed by atoms with van der Waals surface area (Å²) in [5.74, 6) is -0.491. The number of carbonyl (C=O) groups excluding carboxylic acids is 1. The number of nitrogens with two attached hydrogens (primary N) is 1. The van der Waals surface area contributed by atoms with Gasteiger partial charge in [-0.1, -0.05) is 0 Å². The molecule has 0 aliphatic rings. The first-order valence-electron chi connectivity index (χ1n) is 3.20. The van der Waals surface area contributed by atoms with Crippen molar-refractivity contribution in [1.82, 2.24) is 0 Å². The molecule has 0 bridgehead atoms. The van der Waals surface area contributed by atoms with Crippen LogP contribution in [0, 0.1) is 0 Å². The molecule has 0 spiro atoms. The van der Waals surface area contributed by atoms with E-state index in [2.05, 4.69) is 0 Å². The van der Waals surface area contributed by atoms with Gasteiger partial charge in [-0.25, -0.2) is 0 Å². The van der Waals surface area contributed by atoms with Crippen LogP contribution in [0.5, 0.6) is 0 Å². The fourth-order valence-electron chi connectivity index (χ4n) is 0.818. The number of primary amides is 1. The third-order valence-corrected chi connectivity index (χ3v) is 3.36. The minimum atomic E-state index is -0.491. The summed E-state index contributed by atoms with van der Waals surface area (Å²) in [6, 6.07) is 5.04. The highest BCUT2D eigenvalue weighted by atomic mass is 35.7. The van der Waals surface area contributed by atoms with E-state index in [0.717, 1.165) is 26.8 Å². The Kier molecular flexibility index (Phi) is 4.25. The van der Waals surface area contributed by atoms with Crippen molar-refractivity contribution in [2.24, 2.45) is 5.73 Å². The van der Waals surface area contributed by atoms with Gasteiger partial charge in [-0.2, -0.15) is 0 Å². The van der Waals surface area contributed by atoms with Gasteiger partial charge < -0.3 is 5.73 Å².